The van der Waals surface area contributed by atoms with Crippen LogP contribution in [0.3, 0.4) is 0 Å². The fourth-order valence-corrected chi connectivity index (χ4v) is 3.97. The molecule has 0 unspecified atom stereocenters. The van der Waals surface area contributed by atoms with Gasteiger partial charge in [0, 0.05) is 32.0 Å². The zero-order chi connectivity index (χ0) is 16.4. The van der Waals surface area contributed by atoms with E-state index in [1.165, 1.54) is 10.6 Å². The largest absolute Gasteiger partial charge is 0.363 e. The van der Waals surface area contributed by atoms with Gasteiger partial charge in [0.1, 0.15) is 6.10 Å². The summed E-state index contributed by atoms with van der Waals surface area (Å²) in [5.74, 6) is 0.516. The van der Waals surface area contributed by atoms with E-state index < -0.39 is 0 Å². The van der Waals surface area contributed by atoms with E-state index >= 15 is 0 Å². The smallest absolute Gasteiger partial charge is 0.275 e. The lowest BCUT2D eigenvalue weighted by molar-refractivity contribution is -0.206. The normalized spacial score (nSPS) is 31.0. The van der Waals surface area contributed by atoms with Crippen LogP contribution in [0.5, 0.6) is 0 Å². The maximum Gasteiger partial charge on any atom is 0.275 e. The molecule has 3 saturated heterocycles. The van der Waals surface area contributed by atoms with Gasteiger partial charge in [-0.1, -0.05) is 0 Å². The average Bonchev–Trinajstić information content (AvgIpc) is 3.06. The van der Waals surface area contributed by atoms with Gasteiger partial charge in [-0.2, -0.15) is 0 Å². The molecular formula is C18H25N3O3. The molecule has 1 aromatic heterocycles. The molecule has 4 rings (SSSR count). The average molecular weight is 331 g/mol. The number of hydrogen-bond acceptors (Lipinski definition) is 5. The zero-order valence-corrected chi connectivity index (χ0v) is 14.0. The molecule has 24 heavy (non-hydrogen) atoms. The van der Waals surface area contributed by atoms with Crippen LogP contribution in [-0.2, 0) is 20.9 Å². The first-order chi connectivity index (χ1) is 11.8. The lowest BCUT2D eigenvalue weighted by Gasteiger charge is -2.34. The molecule has 0 saturated carbocycles. The molecular weight excluding hydrogens is 306 g/mol. The molecule has 130 valence electrons. The summed E-state index contributed by atoms with van der Waals surface area (Å²) in [5, 5.41) is 1.53. The van der Waals surface area contributed by atoms with Crippen LogP contribution in [-0.4, -0.2) is 59.3 Å². The Bertz CT molecular complexity index is 562. The Hall–Kier alpha value is -1.50. The van der Waals surface area contributed by atoms with Gasteiger partial charge >= 0.3 is 0 Å². The molecule has 0 radical (unpaired) electrons. The van der Waals surface area contributed by atoms with Crippen molar-refractivity contribution >= 4 is 5.91 Å². The number of rotatable bonds is 3. The number of hydrogen-bond donors (Lipinski definition) is 0. The van der Waals surface area contributed by atoms with Gasteiger partial charge in [-0.3, -0.25) is 19.5 Å². The number of ether oxygens (including phenoxy) is 1. The van der Waals surface area contributed by atoms with E-state index in [1.807, 2.05) is 12.4 Å². The Labute approximate surface area is 142 Å². The molecule has 3 aliphatic heterocycles. The van der Waals surface area contributed by atoms with E-state index in [2.05, 4.69) is 22.0 Å². The quantitative estimate of drug-likeness (QED) is 0.842. The fourth-order valence-electron chi connectivity index (χ4n) is 3.97. The number of aromatic nitrogens is 1. The number of piperidine rings is 1. The van der Waals surface area contributed by atoms with E-state index in [9.17, 15) is 4.79 Å². The van der Waals surface area contributed by atoms with Crippen LogP contribution in [0.25, 0.3) is 0 Å². The van der Waals surface area contributed by atoms with Crippen LogP contribution in [0.15, 0.2) is 24.5 Å². The highest BCUT2D eigenvalue weighted by Crippen LogP contribution is 2.34. The number of nitrogens with zero attached hydrogens (tertiary/aromatic N) is 3. The third-order valence-electron chi connectivity index (χ3n) is 5.32. The van der Waals surface area contributed by atoms with Gasteiger partial charge in [-0.05, 0) is 55.8 Å². The molecule has 0 N–H and O–H groups in total. The fraction of sp³-hybridized carbons (Fsp3) is 0.667. The third kappa shape index (κ3) is 3.45. The number of carbonyl (C=O) groups excluding carboxylic acids is 1. The number of likely N-dealkylation sites (tertiary alicyclic amines) is 1. The van der Waals surface area contributed by atoms with Crippen molar-refractivity contribution in [3.8, 4) is 0 Å². The van der Waals surface area contributed by atoms with Crippen molar-refractivity contribution in [1.82, 2.24) is 14.9 Å². The molecule has 1 amide bonds. The Morgan fingerprint density at radius 3 is 2.92 bits per heavy atom. The first-order valence-electron chi connectivity index (χ1n) is 9.00. The third-order valence-corrected chi connectivity index (χ3v) is 5.32. The molecule has 4 heterocycles. The van der Waals surface area contributed by atoms with Crippen LogP contribution < -0.4 is 0 Å². The monoisotopic (exact) mass is 331 g/mol. The summed E-state index contributed by atoms with van der Waals surface area (Å²) in [6.07, 6.45) is 7.50. The lowest BCUT2D eigenvalue weighted by atomic mass is 9.91. The first kappa shape index (κ1) is 16.0. The lowest BCUT2D eigenvalue weighted by Crippen LogP contribution is -2.43. The molecule has 0 bridgehead atoms. The second-order valence-electron chi connectivity index (χ2n) is 7.02. The Kier molecular flexibility index (Phi) is 4.78. The van der Waals surface area contributed by atoms with Crippen molar-refractivity contribution in [3.63, 3.8) is 0 Å². The maximum atomic E-state index is 12.6. The Balaban J connectivity index is 1.33. The topological polar surface area (TPSA) is 54.9 Å². The Morgan fingerprint density at radius 1 is 1.25 bits per heavy atom. The second-order valence-corrected chi connectivity index (χ2v) is 7.02. The highest BCUT2D eigenvalue weighted by atomic mass is 16.7. The van der Waals surface area contributed by atoms with Crippen molar-refractivity contribution in [2.24, 2.45) is 5.92 Å². The maximum absolute atomic E-state index is 12.6. The molecule has 3 aliphatic rings. The van der Waals surface area contributed by atoms with Crippen LogP contribution in [0.1, 0.15) is 31.2 Å². The van der Waals surface area contributed by atoms with E-state index in [-0.39, 0.29) is 18.1 Å². The van der Waals surface area contributed by atoms with E-state index in [1.54, 1.807) is 0 Å². The number of amides is 1. The number of fused-ring (bicyclic) bond motifs is 1. The zero-order valence-electron chi connectivity index (χ0n) is 14.0. The van der Waals surface area contributed by atoms with Crippen molar-refractivity contribution < 1.29 is 14.4 Å². The first-order valence-corrected chi connectivity index (χ1v) is 9.00. The second kappa shape index (κ2) is 7.17. The van der Waals surface area contributed by atoms with Gasteiger partial charge in [0.25, 0.3) is 5.91 Å². The summed E-state index contributed by atoms with van der Waals surface area (Å²) in [7, 11) is 0. The minimum Gasteiger partial charge on any atom is -0.363 e. The Morgan fingerprint density at radius 2 is 2.12 bits per heavy atom. The summed E-state index contributed by atoms with van der Waals surface area (Å²) < 4.78 is 6.12. The van der Waals surface area contributed by atoms with Crippen LogP contribution >= 0.6 is 0 Å². The highest BCUT2D eigenvalue weighted by molar-refractivity contribution is 5.80. The number of carbonyl (C=O) groups is 1. The summed E-state index contributed by atoms with van der Waals surface area (Å²) >= 11 is 0. The summed E-state index contributed by atoms with van der Waals surface area (Å²) in [5.41, 5.74) is 1.27. The molecule has 0 aliphatic carbocycles. The molecule has 6 nitrogen and oxygen atoms in total. The van der Waals surface area contributed by atoms with Crippen molar-refractivity contribution in [2.75, 3.05) is 26.2 Å². The van der Waals surface area contributed by atoms with Gasteiger partial charge in [0.2, 0.25) is 0 Å². The molecule has 6 heteroatoms. The summed E-state index contributed by atoms with van der Waals surface area (Å²) in [6.45, 7) is 4.22. The van der Waals surface area contributed by atoms with Crippen molar-refractivity contribution in [2.45, 2.75) is 44.4 Å². The van der Waals surface area contributed by atoms with Crippen LogP contribution in [0, 0.1) is 5.92 Å². The standard InChI is InChI=1S/C18H25N3O3/c22-18(21-8-1-2-10-23-21)16-11-15-5-9-20(13-17(15)24-16)12-14-3-6-19-7-4-14/h3-4,6-7,15-17H,1-2,5,8-13H2/t15-,16-,17+/m0/s1. The van der Waals surface area contributed by atoms with E-state index in [0.29, 0.717) is 19.1 Å². The summed E-state index contributed by atoms with van der Waals surface area (Å²) in [4.78, 5) is 24.6. The van der Waals surface area contributed by atoms with Gasteiger partial charge in [0.15, 0.2) is 0 Å². The van der Waals surface area contributed by atoms with Gasteiger partial charge < -0.3 is 4.74 Å². The predicted molar refractivity (Wildman–Crippen MR) is 87.8 cm³/mol. The molecule has 3 fully saturated rings. The van der Waals surface area contributed by atoms with Crippen LogP contribution in [0.2, 0.25) is 0 Å². The van der Waals surface area contributed by atoms with Gasteiger partial charge in [-0.25, -0.2) is 5.06 Å². The number of hydroxylamine groups is 2. The molecule has 0 spiro atoms. The minimum atomic E-state index is -0.320. The highest BCUT2D eigenvalue weighted by Gasteiger charge is 2.43. The minimum absolute atomic E-state index is 0.0183. The van der Waals surface area contributed by atoms with Crippen molar-refractivity contribution in [1.29, 1.82) is 0 Å². The van der Waals surface area contributed by atoms with Gasteiger partial charge in [-0.15, -0.1) is 0 Å². The summed E-state index contributed by atoms with van der Waals surface area (Å²) in [6, 6.07) is 4.11. The van der Waals surface area contributed by atoms with Crippen LogP contribution in [0.4, 0.5) is 0 Å². The van der Waals surface area contributed by atoms with E-state index in [4.69, 9.17) is 9.57 Å². The SMILES string of the molecule is O=C([C@@H]1C[C@@H]2CCN(Cc3ccncc3)C[C@H]2O1)N1CCCCO1. The van der Waals surface area contributed by atoms with E-state index in [0.717, 1.165) is 45.3 Å². The van der Waals surface area contributed by atoms with Crippen molar-refractivity contribution in [3.05, 3.63) is 30.1 Å². The number of pyridine rings is 1. The molecule has 1 aromatic rings. The molecule has 0 aromatic carbocycles. The molecule has 3 atom stereocenters. The predicted octanol–water partition coefficient (Wildman–Crippen LogP) is 1.61. The van der Waals surface area contributed by atoms with Gasteiger partial charge in [0.05, 0.1) is 12.7 Å².